The van der Waals surface area contributed by atoms with Crippen molar-refractivity contribution in [2.45, 2.75) is 26.8 Å². The van der Waals surface area contributed by atoms with Crippen molar-refractivity contribution in [2.24, 2.45) is 5.41 Å². The highest BCUT2D eigenvalue weighted by Crippen LogP contribution is 2.19. The second kappa shape index (κ2) is 6.26. The quantitative estimate of drug-likeness (QED) is 0.769. The van der Waals surface area contributed by atoms with E-state index >= 15 is 0 Å². The van der Waals surface area contributed by atoms with Crippen LogP contribution < -0.4 is 16.0 Å². The van der Waals surface area contributed by atoms with Crippen LogP contribution in [0.3, 0.4) is 0 Å². The fraction of sp³-hybridized carbons (Fsp3) is 0.500. The van der Waals surface area contributed by atoms with E-state index in [1.165, 1.54) is 5.56 Å². The predicted octanol–water partition coefficient (Wildman–Crippen LogP) is 0.834. The molecule has 0 aromatic heterocycles. The molecule has 0 fully saturated rings. The van der Waals surface area contributed by atoms with Crippen LogP contribution in [0.4, 0.5) is 0 Å². The Balaban J connectivity index is 2.10. The van der Waals surface area contributed by atoms with E-state index in [0.29, 0.717) is 6.54 Å². The molecule has 1 aliphatic heterocycles. The van der Waals surface area contributed by atoms with Gasteiger partial charge in [-0.25, -0.2) is 0 Å². The summed E-state index contributed by atoms with van der Waals surface area (Å²) in [4.78, 5) is 24.2. The Morgan fingerprint density at radius 1 is 1.33 bits per heavy atom. The Morgan fingerprint density at radius 2 is 2.10 bits per heavy atom. The zero-order chi connectivity index (χ0) is 15.5. The molecule has 1 aromatic rings. The van der Waals surface area contributed by atoms with Crippen molar-refractivity contribution < 1.29 is 9.59 Å². The molecule has 2 amide bonds. The largest absolute Gasteiger partial charge is 0.359 e. The summed E-state index contributed by atoms with van der Waals surface area (Å²) in [5.74, 6) is -0.187. The second-order valence-corrected chi connectivity index (χ2v) is 6.02. The van der Waals surface area contributed by atoms with Crippen LogP contribution in [0.15, 0.2) is 18.2 Å². The van der Waals surface area contributed by atoms with E-state index in [-0.39, 0.29) is 11.8 Å². The summed E-state index contributed by atoms with van der Waals surface area (Å²) in [7, 11) is 1.60. The van der Waals surface area contributed by atoms with E-state index in [9.17, 15) is 9.59 Å². The van der Waals surface area contributed by atoms with Gasteiger partial charge < -0.3 is 16.0 Å². The standard InChI is InChI=1S/C16H23N3O2/c1-16(2,15(21)17-3)10-19-14(20)13-6-4-5-11-9-18-8-7-12(11)13/h4-6,18H,7-10H2,1-3H3,(H,17,21)(H,19,20). The Bertz CT molecular complexity index is 552. The molecule has 3 N–H and O–H groups in total. The van der Waals surface area contributed by atoms with Crippen molar-refractivity contribution in [3.05, 3.63) is 34.9 Å². The minimum atomic E-state index is -0.624. The lowest BCUT2D eigenvalue weighted by Gasteiger charge is -2.24. The first kappa shape index (κ1) is 15.5. The normalized spacial score (nSPS) is 14.2. The Morgan fingerprint density at radius 3 is 2.81 bits per heavy atom. The highest BCUT2D eigenvalue weighted by Gasteiger charge is 2.27. The topological polar surface area (TPSA) is 70.2 Å². The van der Waals surface area contributed by atoms with Gasteiger partial charge in [0.2, 0.25) is 5.91 Å². The SMILES string of the molecule is CNC(=O)C(C)(C)CNC(=O)c1cccc2c1CCNC2. The first-order valence-electron chi connectivity index (χ1n) is 7.27. The van der Waals surface area contributed by atoms with E-state index in [2.05, 4.69) is 16.0 Å². The molecule has 1 aromatic carbocycles. The van der Waals surface area contributed by atoms with Crippen LogP contribution in [0.5, 0.6) is 0 Å². The molecule has 2 rings (SSSR count). The van der Waals surface area contributed by atoms with Crippen molar-refractivity contribution in [3.8, 4) is 0 Å². The van der Waals surface area contributed by atoms with Gasteiger partial charge in [-0.3, -0.25) is 9.59 Å². The number of amides is 2. The van der Waals surface area contributed by atoms with E-state index in [0.717, 1.165) is 30.6 Å². The predicted molar refractivity (Wildman–Crippen MR) is 82.0 cm³/mol. The fourth-order valence-electron chi connectivity index (χ4n) is 2.56. The lowest BCUT2D eigenvalue weighted by molar-refractivity contribution is -0.128. The molecular weight excluding hydrogens is 266 g/mol. The van der Waals surface area contributed by atoms with Crippen molar-refractivity contribution in [1.82, 2.24) is 16.0 Å². The van der Waals surface area contributed by atoms with Gasteiger partial charge in [0, 0.05) is 25.7 Å². The van der Waals surface area contributed by atoms with Crippen LogP contribution in [0.2, 0.25) is 0 Å². The molecule has 0 radical (unpaired) electrons. The minimum Gasteiger partial charge on any atom is -0.359 e. The number of fused-ring (bicyclic) bond motifs is 1. The van der Waals surface area contributed by atoms with Crippen LogP contribution in [0.1, 0.15) is 35.3 Å². The molecule has 5 heteroatoms. The number of nitrogens with one attached hydrogen (secondary N) is 3. The molecule has 21 heavy (non-hydrogen) atoms. The summed E-state index contributed by atoms with van der Waals surface area (Å²) >= 11 is 0. The highest BCUT2D eigenvalue weighted by atomic mass is 16.2. The number of hydrogen-bond acceptors (Lipinski definition) is 3. The first-order valence-corrected chi connectivity index (χ1v) is 7.27. The van der Waals surface area contributed by atoms with Crippen LogP contribution >= 0.6 is 0 Å². The number of carbonyl (C=O) groups excluding carboxylic acids is 2. The van der Waals surface area contributed by atoms with Crippen LogP contribution in [-0.2, 0) is 17.8 Å². The lowest BCUT2D eigenvalue weighted by atomic mass is 9.91. The fourth-order valence-corrected chi connectivity index (χ4v) is 2.56. The van der Waals surface area contributed by atoms with E-state index in [4.69, 9.17) is 0 Å². The van der Waals surface area contributed by atoms with E-state index in [1.807, 2.05) is 32.0 Å². The van der Waals surface area contributed by atoms with Gasteiger partial charge in [0.05, 0.1) is 5.41 Å². The molecule has 114 valence electrons. The summed E-state index contributed by atoms with van der Waals surface area (Å²) in [5.41, 5.74) is 2.40. The third-order valence-corrected chi connectivity index (χ3v) is 3.92. The molecule has 0 bridgehead atoms. The van der Waals surface area contributed by atoms with Gasteiger partial charge in [-0.2, -0.15) is 0 Å². The monoisotopic (exact) mass is 289 g/mol. The van der Waals surface area contributed by atoms with Crippen molar-refractivity contribution in [3.63, 3.8) is 0 Å². The van der Waals surface area contributed by atoms with Gasteiger partial charge in [0.25, 0.3) is 5.91 Å². The van der Waals surface area contributed by atoms with Crippen molar-refractivity contribution in [1.29, 1.82) is 0 Å². The minimum absolute atomic E-state index is 0.0814. The molecule has 5 nitrogen and oxygen atoms in total. The molecule has 1 aliphatic rings. The molecule has 0 saturated heterocycles. The molecule has 0 atom stereocenters. The van der Waals surface area contributed by atoms with Gasteiger partial charge in [0.15, 0.2) is 0 Å². The zero-order valence-electron chi connectivity index (χ0n) is 12.9. The lowest BCUT2D eigenvalue weighted by Crippen LogP contribution is -2.44. The third kappa shape index (κ3) is 3.42. The number of rotatable bonds is 4. The molecule has 0 saturated carbocycles. The summed E-state index contributed by atoms with van der Waals surface area (Å²) in [6.45, 7) is 5.64. The molecular formula is C16H23N3O2. The smallest absolute Gasteiger partial charge is 0.251 e. The van der Waals surface area contributed by atoms with E-state index in [1.54, 1.807) is 7.05 Å². The Hall–Kier alpha value is -1.88. The average molecular weight is 289 g/mol. The first-order chi connectivity index (χ1) is 9.95. The van der Waals surface area contributed by atoms with Gasteiger partial charge in [-0.1, -0.05) is 12.1 Å². The van der Waals surface area contributed by atoms with E-state index < -0.39 is 5.41 Å². The molecule has 1 heterocycles. The van der Waals surface area contributed by atoms with Crippen molar-refractivity contribution in [2.75, 3.05) is 20.1 Å². The maximum atomic E-state index is 12.4. The van der Waals surface area contributed by atoms with Crippen LogP contribution in [-0.4, -0.2) is 32.0 Å². The molecule has 0 unspecified atom stereocenters. The Kier molecular flexibility index (Phi) is 4.63. The van der Waals surface area contributed by atoms with Crippen LogP contribution in [0.25, 0.3) is 0 Å². The summed E-state index contributed by atoms with van der Waals surface area (Å²) in [6, 6.07) is 5.81. The second-order valence-electron chi connectivity index (χ2n) is 6.02. The number of hydrogen-bond donors (Lipinski definition) is 3. The maximum absolute atomic E-state index is 12.4. The van der Waals surface area contributed by atoms with Crippen molar-refractivity contribution >= 4 is 11.8 Å². The zero-order valence-corrected chi connectivity index (χ0v) is 12.9. The van der Waals surface area contributed by atoms with Gasteiger partial charge >= 0.3 is 0 Å². The number of carbonyl (C=O) groups is 2. The summed E-state index contributed by atoms with van der Waals surface area (Å²) < 4.78 is 0. The van der Waals surface area contributed by atoms with Crippen LogP contribution in [0, 0.1) is 5.41 Å². The highest BCUT2D eigenvalue weighted by molar-refractivity contribution is 5.96. The van der Waals surface area contributed by atoms with Gasteiger partial charge in [-0.15, -0.1) is 0 Å². The van der Waals surface area contributed by atoms with Gasteiger partial charge in [0.1, 0.15) is 0 Å². The third-order valence-electron chi connectivity index (χ3n) is 3.92. The summed E-state index contributed by atoms with van der Waals surface area (Å²) in [5, 5.41) is 8.81. The maximum Gasteiger partial charge on any atom is 0.251 e. The van der Waals surface area contributed by atoms with Gasteiger partial charge in [-0.05, 0) is 44.0 Å². The average Bonchev–Trinajstić information content (AvgIpc) is 2.51. The summed E-state index contributed by atoms with van der Waals surface area (Å²) in [6.07, 6.45) is 0.859. The molecule has 0 spiro atoms. The molecule has 0 aliphatic carbocycles. The number of benzene rings is 1. The Labute approximate surface area is 125 Å².